The molecule has 0 spiro atoms. The molecule has 1 aromatic carbocycles. The molecule has 10 heteroatoms. The van der Waals surface area contributed by atoms with E-state index in [-0.39, 0.29) is 28.1 Å². The molecule has 1 unspecified atom stereocenters. The lowest BCUT2D eigenvalue weighted by molar-refractivity contribution is 0.0988. The molecule has 3 aromatic rings. The van der Waals surface area contributed by atoms with Crippen LogP contribution in [0.1, 0.15) is 52.9 Å². The highest BCUT2D eigenvalue weighted by Gasteiger charge is 2.26. The summed E-state index contributed by atoms with van der Waals surface area (Å²) in [4.78, 5) is 42.5. The summed E-state index contributed by atoms with van der Waals surface area (Å²) in [5, 5.41) is 0.546. The minimum atomic E-state index is -0.769. The number of fused-ring (bicyclic) bond motifs is 2. The molecule has 1 amide bonds. The third-order valence-electron chi connectivity index (χ3n) is 5.99. The maximum absolute atomic E-state index is 13.4. The molecule has 2 aliphatic heterocycles. The van der Waals surface area contributed by atoms with Crippen LogP contribution in [0.5, 0.6) is 5.75 Å². The van der Waals surface area contributed by atoms with Crippen LogP contribution in [0.2, 0.25) is 5.15 Å². The molecule has 0 radical (unpaired) electrons. The summed E-state index contributed by atoms with van der Waals surface area (Å²) in [6.45, 7) is 7.20. The highest BCUT2D eigenvalue weighted by atomic mass is 35.5. The van der Waals surface area contributed by atoms with Crippen molar-refractivity contribution in [3.05, 3.63) is 73.9 Å². The lowest BCUT2D eigenvalue weighted by atomic mass is 9.99. The van der Waals surface area contributed by atoms with Crippen molar-refractivity contribution < 1.29 is 13.9 Å². The summed E-state index contributed by atoms with van der Waals surface area (Å²) in [5.41, 5.74) is 8.18. The van der Waals surface area contributed by atoms with E-state index in [0.717, 1.165) is 5.56 Å². The number of pyridine rings is 1. The number of benzene rings is 1. The van der Waals surface area contributed by atoms with Gasteiger partial charge < -0.3 is 14.9 Å². The molecule has 2 aliphatic rings. The normalized spacial score (nSPS) is 17.4. The Labute approximate surface area is 211 Å². The number of aromatic nitrogens is 1. The quantitative estimate of drug-likeness (QED) is 0.516. The Bertz CT molecular complexity index is 1630. The van der Waals surface area contributed by atoms with Crippen LogP contribution in [-0.2, 0) is 0 Å². The van der Waals surface area contributed by atoms with E-state index in [1.54, 1.807) is 26.1 Å². The van der Waals surface area contributed by atoms with Crippen molar-refractivity contribution in [3.63, 3.8) is 0 Å². The van der Waals surface area contributed by atoms with Gasteiger partial charge in [-0.3, -0.25) is 14.6 Å². The van der Waals surface area contributed by atoms with E-state index in [0.29, 0.717) is 45.1 Å². The topological polar surface area (TPSA) is 132 Å². The number of allylic oxidation sites excluding steroid dienone is 1. The van der Waals surface area contributed by atoms with E-state index in [1.807, 2.05) is 26.0 Å². The molecule has 4 heterocycles. The van der Waals surface area contributed by atoms with Crippen LogP contribution in [0, 0.1) is 13.8 Å². The molecule has 0 saturated heterocycles. The maximum atomic E-state index is 13.4. The van der Waals surface area contributed by atoms with E-state index in [1.165, 1.54) is 12.1 Å². The monoisotopic (exact) mass is 503 g/mol. The summed E-state index contributed by atoms with van der Waals surface area (Å²) < 4.78 is 12.5. The lowest BCUT2D eigenvalue weighted by Crippen LogP contribution is -2.18. The Morgan fingerprint density at radius 3 is 2.75 bits per heavy atom. The van der Waals surface area contributed by atoms with Crippen molar-refractivity contribution in [1.82, 2.24) is 4.98 Å². The van der Waals surface area contributed by atoms with Gasteiger partial charge in [-0.1, -0.05) is 11.6 Å². The van der Waals surface area contributed by atoms with Gasteiger partial charge in [0, 0.05) is 22.9 Å². The van der Waals surface area contributed by atoms with Crippen molar-refractivity contribution in [2.45, 2.75) is 39.8 Å². The number of halogens is 1. The molecule has 0 bridgehead atoms. The molecule has 0 saturated carbocycles. The average Bonchev–Trinajstić information content (AvgIpc) is 3.21. The number of primary amides is 1. The summed E-state index contributed by atoms with van der Waals surface area (Å²) in [5.74, 6) is 1.06. The highest BCUT2D eigenvalue weighted by Crippen LogP contribution is 2.33. The Morgan fingerprint density at radius 2 is 2.00 bits per heavy atom. The van der Waals surface area contributed by atoms with E-state index >= 15 is 0 Å². The van der Waals surface area contributed by atoms with Gasteiger partial charge in [0.15, 0.2) is 22.7 Å². The molecule has 36 heavy (non-hydrogen) atoms. The standard InChI is InChI=1S/C26H22ClN5O4/c1-11-7-16(13(3)35-19-5-6-20(27)32-21(19)25(28)34)24-17(8-11)22(33)12(2)23(36-24)15-9-18-26(29-10-15)31-14(4)30-18/h5-10,13,18H,1-4H3,(H2,28,34)/t13-,18?/m1/s1. The van der Waals surface area contributed by atoms with Gasteiger partial charge in [0.2, 0.25) is 0 Å². The maximum Gasteiger partial charge on any atom is 0.271 e. The number of rotatable bonds is 5. The summed E-state index contributed by atoms with van der Waals surface area (Å²) in [6, 6.07) is 6.38. The second-order valence-electron chi connectivity index (χ2n) is 8.69. The predicted molar refractivity (Wildman–Crippen MR) is 140 cm³/mol. The Kier molecular flexibility index (Phi) is 5.80. The van der Waals surface area contributed by atoms with E-state index < -0.39 is 12.0 Å². The van der Waals surface area contributed by atoms with Crippen LogP contribution < -0.4 is 15.9 Å². The second-order valence-corrected chi connectivity index (χ2v) is 9.08. The molecular formula is C26H22ClN5O4. The number of carbonyl (C=O) groups excluding carboxylic acids is 1. The second kappa shape index (κ2) is 8.83. The van der Waals surface area contributed by atoms with Crippen molar-refractivity contribution in [3.8, 4) is 5.75 Å². The fourth-order valence-electron chi connectivity index (χ4n) is 4.31. The van der Waals surface area contributed by atoms with Gasteiger partial charge in [-0.25, -0.2) is 15.0 Å². The third-order valence-corrected chi connectivity index (χ3v) is 6.20. The van der Waals surface area contributed by atoms with Gasteiger partial charge in [-0.05, 0) is 63.6 Å². The molecule has 182 valence electrons. The largest absolute Gasteiger partial charge is 0.483 e. The zero-order valence-electron chi connectivity index (χ0n) is 20.0. The third kappa shape index (κ3) is 4.11. The zero-order chi connectivity index (χ0) is 25.7. The van der Waals surface area contributed by atoms with Gasteiger partial charge in [0.25, 0.3) is 5.91 Å². The first-order valence-corrected chi connectivity index (χ1v) is 11.6. The van der Waals surface area contributed by atoms with Crippen LogP contribution in [0.15, 0.2) is 54.5 Å². The number of amides is 1. The summed E-state index contributed by atoms with van der Waals surface area (Å²) in [7, 11) is 0. The van der Waals surface area contributed by atoms with E-state index in [4.69, 9.17) is 26.5 Å². The SMILES string of the molecule is CC1=NC2C=C(c3oc4c([C@@H](C)Oc5ccc(Cl)nc5C(N)=O)cc(C)cc4c(=O)c3C)C=NC2=N1. The van der Waals surface area contributed by atoms with Gasteiger partial charge in [-0.2, -0.15) is 0 Å². The number of nitrogens with two attached hydrogens (primary N) is 1. The van der Waals surface area contributed by atoms with Crippen LogP contribution in [-0.4, -0.2) is 34.8 Å². The minimum absolute atomic E-state index is 0.0854. The number of ether oxygens (including phenoxy) is 1. The first-order chi connectivity index (χ1) is 17.1. The van der Waals surface area contributed by atoms with Crippen LogP contribution in [0.3, 0.4) is 0 Å². The number of carbonyl (C=O) groups is 1. The van der Waals surface area contributed by atoms with Gasteiger partial charge in [-0.15, -0.1) is 0 Å². The van der Waals surface area contributed by atoms with Crippen LogP contribution >= 0.6 is 11.6 Å². The number of hydrogen-bond donors (Lipinski definition) is 1. The van der Waals surface area contributed by atoms with Crippen molar-refractivity contribution in [2.24, 2.45) is 20.7 Å². The first-order valence-electron chi connectivity index (χ1n) is 11.2. The molecule has 9 nitrogen and oxygen atoms in total. The number of nitrogens with zero attached hydrogens (tertiary/aromatic N) is 4. The summed E-state index contributed by atoms with van der Waals surface area (Å²) in [6.07, 6.45) is 2.89. The average molecular weight is 504 g/mol. The Hall–Kier alpha value is -4.11. The highest BCUT2D eigenvalue weighted by molar-refractivity contribution is 6.29. The molecule has 0 fully saturated rings. The van der Waals surface area contributed by atoms with Crippen LogP contribution in [0.4, 0.5) is 0 Å². The predicted octanol–water partition coefficient (Wildman–Crippen LogP) is 4.36. The number of dihydropyridines is 1. The molecule has 2 atom stereocenters. The van der Waals surface area contributed by atoms with Gasteiger partial charge in [0.05, 0.1) is 5.39 Å². The van der Waals surface area contributed by atoms with Gasteiger partial charge in [0.1, 0.15) is 34.5 Å². The number of hydrogen-bond acceptors (Lipinski definition) is 8. The Balaban J connectivity index is 1.63. The number of aliphatic imine (C=N–C) groups is 3. The number of amidine groups is 2. The lowest BCUT2D eigenvalue weighted by Gasteiger charge is -2.19. The van der Waals surface area contributed by atoms with Gasteiger partial charge >= 0.3 is 0 Å². The smallest absolute Gasteiger partial charge is 0.271 e. The van der Waals surface area contributed by atoms with Crippen molar-refractivity contribution >= 4 is 51.9 Å². The van der Waals surface area contributed by atoms with E-state index in [9.17, 15) is 9.59 Å². The first kappa shape index (κ1) is 23.6. The molecule has 0 aliphatic carbocycles. The fourth-order valence-corrected chi connectivity index (χ4v) is 4.46. The summed E-state index contributed by atoms with van der Waals surface area (Å²) >= 11 is 5.92. The van der Waals surface area contributed by atoms with Crippen molar-refractivity contribution in [2.75, 3.05) is 0 Å². The molecular weight excluding hydrogens is 482 g/mol. The zero-order valence-corrected chi connectivity index (χ0v) is 20.8. The molecule has 2 N–H and O–H groups in total. The van der Waals surface area contributed by atoms with Crippen molar-refractivity contribution in [1.29, 1.82) is 0 Å². The van der Waals surface area contributed by atoms with Crippen LogP contribution in [0.25, 0.3) is 16.5 Å². The number of aryl methyl sites for hydroxylation is 1. The minimum Gasteiger partial charge on any atom is -0.483 e. The fraction of sp³-hybridized carbons (Fsp3) is 0.231. The molecule has 2 aromatic heterocycles. The Morgan fingerprint density at radius 1 is 1.22 bits per heavy atom. The van der Waals surface area contributed by atoms with E-state index in [2.05, 4.69) is 20.0 Å². The molecule has 5 rings (SSSR count).